The van der Waals surface area contributed by atoms with Crippen molar-refractivity contribution >= 4 is 5.97 Å². The molecule has 1 rings (SSSR count). The lowest BCUT2D eigenvalue weighted by Gasteiger charge is -2.29. The van der Waals surface area contributed by atoms with Gasteiger partial charge in [-0.2, -0.15) is 0 Å². The van der Waals surface area contributed by atoms with Crippen LogP contribution >= 0.6 is 0 Å². The summed E-state index contributed by atoms with van der Waals surface area (Å²) in [6.45, 7) is 8.12. The van der Waals surface area contributed by atoms with Crippen molar-refractivity contribution < 1.29 is 9.90 Å². The summed E-state index contributed by atoms with van der Waals surface area (Å²) in [5.74, 6) is -0.836. The fourth-order valence-electron chi connectivity index (χ4n) is 1.36. The van der Waals surface area contributed by atoms with Crippen LogP contribution in [0.5, 0.6) is 0 Å². The number of hydrogen-bond donors (Lipinski definition) is 3. The first-order valence-corrected chi connectivity index (χ1v) is 5.37. The third kappa shape index (κ3) is 2.85. The Labute approximate surface area is 96.1 Å². The normalized spacial score (nSPS) is 12.8. The van der Waals surface area contributed by atoms with Crippen molar-refractivity contribution in [3.05, 3.63) is 24.0 Å². The quantitative estimate of drug-likeness (QED) is 0.714. The maximum absolute atomic E-state index is 11.0. The Morgan fingerprint density at radius 3 is 2.50 bits per heavy atom. The summed E-state index contributed by atoms with van der Waals surface area (Å²) in [5, 5.41) is 12.1. The molecule has 0 spiro atoms. The third-order valence-electron chi connectivity index (χ3n) is 2.89. The van der Waals surface area contributed by atoms with Gasteiger partial charge in [-0.3, -0.25) is 4.79 Å². The number of carbonyl (C=O) groups is 1. The van der Waals surface area contributed by atoms with Crippen LogP contribution in [0.3, 0.4) is 0 Å². The molecular weight excluding hydrogens is 204 g/mol. The average Bonchev–Trinajstić information content (AvgIpc) is 2.68. The molecule has 1 aromatic rings. The van der Waals surface area contributed by atoms with Gasteiger partial charge < -0.3 is 15.4 Å². The molecule has 0 atom stereocenters. The van der Waals surface area contributed by atoms with Gasteiger partial charge in [-0.15, -0.1) is 0 Å². The summed E-state index contributed by atoms with van der Waals surface area (Å²) < 4.78 is 0. The summed E-state index contributed by atoms with van der Waals surface area (Å²) in [5.41, 5.74) is 0.182. The Hall–Kier alpha value is -1.29. The molecule has 0 unspecified atom stereocenters. The summed E-state index contributed by atoms with van der Waals surface area (Å²) in [6.07, 6.45) is 3.81. The minimum atomic E-state index is -0.895. The van der Waals surface area contributed by atoms with Crippen LogP contribution in [0.15, 0.2) is 18.5 Å². The van der Waals surface area contributed by atoms with Gasteiger partial charge in [-0.25, -0.2) is 0 Å². The van der Waals surface area contributed by atoms with Gasteiger partial charge in [0.1, 0.15) is 5.54 Å². The predicted molar refractivity (Wildman–Crippen MR) is 63.5 cm³/mol. The topological polar surface area (TPSA) is 65.1 Å². The Balaban J connectivity index is 2.65. The van der Waals surface area contributed by atoms with Crippen LogP contribution in [0.25, 0.3) is 0 Å². The van der Waals surface area contributed by atoms with Crippen molar-refractivity contribution in [3.8, 4) is 0 Å². The standard InChI is InChI=1S/C12H20N2O2/c1-11(2,9-5-6-13-7-9)8-14-12(3,4)10(15)16/h5-7,13-14H,8H2,1-4H3,(H,15,16). The van der Waals surface area contributed by atoms with Crippen LogP contribution < -0.4 is 5.32 Å². The first-order chi connectivity index (χ1) is 7.26. The molecule has 0 bridgehead atoms. The zero-order valence-electron chi connectivity index (χ0n) is 10.3. The number of carboxylic acids is 1. The van der Waals surface area contributed by atoms with Gasteiger partial charge >= 0.3 is 5.97 Å². The summed E-state index contributed by atoms with van der Waals surface area (Å²) in [4.78, 5) is 14.0. The summed E-state index contributed by atoms with van der Waals surface area (Å²) >= 11 is 0. The molecule has 0 aliphatic heterocycles. The Kier molecular flexibility index (Phi) is 3.43. The fraction of sp³-hybridized carbons (Fsp3) is 0.583. The van der Waals surface area contributed by atoms with Crippen LogP contribution in [0, 0.1) is 0 Å². The highest BCUT2D eigenvalue weighted by molar-refractivity contribution is 5.77. The molecule has 4 heteroatoms. The molecule has 16 heavy (non-hydrogen) atoms. The number of carboxylic acid groups (broad SMARTS) is 1. The average molecular weight is 224 g/mol. The minimum Gasteiger partial charge on any atom is -0.480 e. The number of aliphatic carboxylic acids is 1. The Morgan fingerprint density at radius 1 is 1.44 bits per heavy atom. The number of H-pyrrole nitrogens is 1. The molecule has 0 aliphatic rings. The third-order valence-corrected chi connectivity index (χ3v) is 2.89. The van der Waals surface area contributed by atoms with Gasteiger partial charge in [0.25, 0.3) is 0 Å². The number of nitrogens with one attached hydrogen (secondary N) is 2. The molecule has 90 valence electrons. The van der Waals surface area contributed by atoms with Crippen molar-refractivity contribution in [2.75, 3.05) is 6.54 Å². The Morgan fingerprint density at radius 2 is 2.06 bits per heavy atom. The molecule has 0 aliphatic carbocycles. The van der Waals surface area contributed by atoms with Gasteiger partial charge in [-0.1, -0.05) is 13.8 Å². The van der Waals surface area contributed by atoms with E-state index in [1.54, 1.807) is 13.8 Å². The lowest BCUT2D eigenvalue weighted by atomic mass is 9.85. The van der Waals surface area contributed by atoms with Gasteiger partial charge in [0.05, 0.1) is 0 Å². The van der Waals surface area contributed by atoms with E-state index in [2.05, 4.69) is 24.1 Å². The Bertz CT molecular complexity index is 353. The lowest BCUT2D eigenvalue weighted by Crippen LogP contribution is -2.50. The minimum absolute atomic E-state index is 0.0906. The molecule has 0 radical (unpaired) electrons. The van der Waals surface area contributed by atoms with E-state index < -0.39 is 11.5 Å². The SMILES string of the molecule is CC(C)(NCC(C)(C)c1cc[nH]c1)C(=O)O. The largest absolute Gasteiger partial charge is 0.480 e. The number of rotatable bonds is 5. The van der Waals surface area contributed by atoms with E-state index in [0.717, 1.165) is 0 Å². The van der Waals surface area contributed by atoms with E-state index in [0.29, 0.717) is 6.54 Å². The van der Waals surface area contributed by atoms with E-state index >= 15 is 0 Å². The van der Waals surface area contributed by atoms with Crippen molar-refractivity contribution in [2.45, 2.75) is 38.6 Å². The molecule has 0 fully saturated rings. The second kappa shape index (κ2) is 4.29. The van der Waals surface area contributed by atoms with Crippen LogP contribution in [0.1, 0.15) is 33.3 Å². The maximum atomic E-state index is 11.0. The summed E-state index contributed by atoms with van der Waals surface area (Å²) in [7, 11) is 0. The molecule has 3 N–H and O–H groups in total. The monoisotopic (exact) mass is 224 g/mol. The second-order valence-corrected chi connectivity index (χ2v) is 5.27. The fourth-order valence-corrected chi connectivity index (χ4v) is 1.36. The van der Waals surface area contributed by atoms with Gasteiger partial charge in [0.15, 0.2) is 0 Å². The van der Waals surface area contributed by atoms with E-state index in [1.807, 2.05) is 18.5 Å². The molecule has 4 nitrogen and oxygen atoms in total. The van der Waals surface area contributed by atoms with Crippen molar-refractivity contribution in [3.63, 3.8) is 0 Å². The molecular formula is C12H20N2O2. The highest BCUT2D eigenvalue weighted by Gasteiger charge is 2.30. The zero-order valence-corrected chi connectivity index (χ0v) is 10.3. The van der Waals surface area contributed by atoms with Gasteiger partial charge in [0, 0.05) is 24.4 Å². The molecule has 0 amide bonds. The van der Waals surface area contributed by atoms with E-state index in [-0.39, 0.29) is 5.41 Å². The molecule has 1 heterocycles. The van der Waals surface area contributed by atoms with Crippen LogP contribution in [0.2, 0.25) is 0 Å². The lowest BCUT2D eigenvalue weighted by molar-refractivity contribution is -0.143. The smallest absolute Gasteiger partial charge is 0.323 e. The highest BCUT2D eigenvalue weighted by atomic mass is 16.4. The first kappa shape index (κ1) is 12.8. The molecule has 0 aromatic carbocycles. The number of aromatic amines is 1. The molecule has 1 aromatic heterocycles. The van der Waals surface area contributed by atoms with Gasteiger partial charge in [0.2, 0.25) is 0 Å². The first-order valence-electron chi connectivity index (χ1n) is 5.37. The van der Waals surface area contributed by atoms with Gasteiger partial charge in [-0.05, 0) is 25.5 Å². The molecule has 0 saturated heterocycles. The van der Waals surface area contributed by atoms with E-state index in [1.165, 1.54) is 5.56 Å². The second-order valence-electron chi connectivity index (χ2n) is 5.27. The number of aromatic nitrogens is 1. The predicted octanol–water partition coefficient (Wildman–Crippen LogP) is 1.75. The van der Waals surface area contributed by atoms with E-state index in [4.69, 9.17) is 5.11 Å². The highest BCUT2D eigenvalue weighted by Crippen LogP contribution is 2.22. The zero-order chi connectivity index (χ0) is 12.4. The summed E-state index contributed by atoms with van der Waals surface area (Å²) in [6, 6.07) is 2.01. The van der Waals surface area contributed by atoms with Crippen LogP contribution in [-0.2, 0) is 10.2 Å². The molecule has 0 saturated carbocycles. The van der Waals surface area contributed by atoms with Crippen LogP contribution in [-0.4, -0.2) is 28.1 Å². The van der Waals surface area contributed by atoms with Crippen LogP contribution in [0.4, 0.5) is 0 Å². The van der Waals surface area contributed by atoms with Crippen molar-refractivity contribution in [1.82, 2.24) is 10.3 Å². The van der Waals surface area contributed by atoms with Crippen molar-refractivity contribution in [2.24, 2.45) is 0 Å². The van der Waals surface area contributed by atoms with Crippen molar-refractivity contribution in [1.29, 1.82) is 0 Å². The maximum Gasteiger partial charge on any atom is 0.323 e. The van der Waals surface area contributed by atoms with E-state index in [9.17, 15) is 4.79 Å². The number of hydrogen-bond acceptors (Lipinski definition) is 2.